The van der Waals surface area contributed by atoms with Gasteiger partial charge in [0.15, 0.2) is 15.4 Å². The molecule has 1 fully saturated rings. The summed E-state index contributed by atoms with van der Waals surface area (Å²) in [7, 11) is -3.25. The van der Waals surface area contributed by atoms with Crippen molar-refractivity contribution in [2.45, 2.75) is 49.5 Å². The van der Waals surface area contributed by atoms with E-state index in [1.165, 1.54) is 0 Å². The van der Waals surface area contributed by atoms with E-state index in [4.69, 9.17) is 16.3 Å². The molecule has 0 unspecified atom stereocenters. The van der Waals surface area contributed by atoms with Gasteiger partial charge in [-0.1, -0.05) is 37.1 Å². The molecule has 1 aliphatic carbocycles. The molecule has 2 heterocycles. The van der Waals surface area contributed by atoms with Crippen LogP contribution in [0.25, 0.3) is 22.0 Å². The molecule has 2 aromatic carbocycles. The van der Waals surface area contributed by atoms with E-state index in [2.05, 4.69) is 4.98 Å². The van der Waals surface area contributed by atoms with Gasteiger partial charge < -0.3 is 9.72 Å². The van der Waals surface area contributed by atoms with Gasteiger partial charge in [0.05, 0.1) is 21.9 Å². The number of rotatable bonds is 3. The summed E-state index contributed by atoms with van der Waals surface area (Å²) >= 11 is 6.59. The van der Waals surface area contributed by atoms with E-state index in [0.717, 1.165) is 59.8 Å². The highest BCUT2D eigenvalue weighted by Gasteiger charge is 2.48. The van der Waals surface area contributed by atoms with E-state index in [9.17, 15) is 13.2 Å². The Labute approximate surface area is 180 Å². The van der Waals surface area contributed by atoms with Crippen molar-refractivity contribution >= 4 is 38.3 Å². The van der Waals surface area contributed by atoms with Gasteiger partial charge in [-0.3, -0.25) is 0 Å². The number of hydrogen-bond acceptors (Lipinski definition) is 4. The average molecular weight is 444 g/mol. The predicted octanol–water partition coefficient (Wildman–Crippen LogP) is 5.61. The summed E-state index contributed by atoms with van der Waals surface area (Å²) in [5.41, 5.74) is 3.39. The summed E-state index contributed by atoms with van der Waals surface area (Å²) in [5.74, 6) is -0.221. The first-order valence-electron chi connectivity index (χ1n) is 10.3. The number of carbonyl (C=O) groups is 1. The lowest BCUT2D eigenvalue weighted by Gasteiger charge is -2.31. The number of benzene rings is 2. The maximum absolute atomic E-state index is 12.7. The van der Waals surface area contributed by atoms with Gasteiger partial charge in [-0.05, 0) is 55.5 Å². The number of carbonyl (C=O) groups excluding carboxylic acids is 1. The molecule has 5 rings (SSSR count). The normalized spacial score (nSPS) is 18.0. The average Bonchev–Trinajstić information content (AvgIpc) is 3.24. The third-order valence-corrected chi connectivity index (χ3v) is 8.46. The van der Waals surface area contributed by atoms with Crippen LogP contribution in [-0.2, 0) is 20.2 Å². The van der Waals surface area contributed by atoms with Crippen molar-refractivity contribution in [2.24, 2.45) is 0 Å². The van der Waals surface area contributed by atoms with Gasteiger partial charge in [0.1, 0.15) is 0 Å². The third-order valence-electron chi connectivity index (χ3n) is 6.40. The second-order valence-corrected chi connectivity index (χ2v) is 10.8. The van der Waals surface area contributed by atoms with Crippen LogP contribution >= 0.6 is 11.6 Å². The number of ether oxygens (including phenoxy) is 1. The lowest BCUT2D eigenvalue weighted by atomic mass is 9.82. The fourth-order valence-electron chi connectivity index (χ4n) is 4.75. The fourth-order valence-corrected chi connectivity index (χ4v) is 5.91. The lowest BCUT2D eigenvalue weighted by molar-refractivity contribution is -0.0299. The zero-order valence-corrected chi connectivity index (χ0v) is 18.2. The molecule has 1 aromatic heterocycles. The summed E-state index contributed by atoms with van der Waals surface area (Å²) in [5, 5.41) is 1.28. The third kappa shape index (κ3) is 2.88. The Kier molecular flexibility index (Phi) is 4.49. The van der Waals surface area contributed by atoms with Gasteiger partial charge in [0.25, 0.3) is 0 Å². The van der Waals surface area contributed by atoms with Crippen molar-refractivity contribution in [2.75, 3.05) is 5.75 Å². The van der Waals surface area contributed by atoms with E-state index >= 15 is 0 Å². The van der Waals surface area contributed by atoms with Crippen molar-refractivity contribution in [3.8, 4) is 11.1 Å². The van der Waals surface area contributed by atoms with Gasteiger partial charge >= 0.3 is 5.97 Å². The number of halogens is 1. The van der Waals surface area contributed by atoms with Crippen molar-refractivity contribution in [3.63, 3.8) is 0 Å². The Hall–Kier alpha value is -2.31. The summed E-state index contributed by atoms with van der Waals surface area (Å²) in [4.78, 5) is 16.4. The first-order valence-corrected chi connectivity index (χ1v) is 12.3. The van der Waals surface area contributed by atoms with Crippen LogP contribution in [0.3, 0.4) is 0 Å². The van der Waals surface area contributed by atoms with Crippen LogP contribution in [0, 0.1) is 0 Å². The number of sulfone groups is 1. The molecule has 0 bridgehead atoms. The second-order valence-electron chi connectivity index (χ2n) is 8.12. The summed E-state index contributed by atoms with van der Waals surface area (Å²) < 4.78 is 30.0. The molecule has 2 aliphatic rings. The summed E-state index contributed by atoms with van der Waals surface area (Å²) in [6.45, 7) is 1.63. The zero-order chi connectivity index (χ0) is 21.1. The van der Waals surface area contributed by atoms with Crippen molar-refractivity contribution in [3.05, 3.63) is 52.7 Å². The van der Waals surface area contributed by atoms with Gasteiger partial charge in [0.2, 0.25) is 0 Å². The number of aromatic amines is 1. The number of aromatic nitrogens is 1. The fraction of sp³-hybridized carbons (Fsp3) is 0.348. The molecule has 1 aliphatic heterocycles. The lowest BCUT2D eigenvalue weighted by Crippen LogP contribution is -2.29. The minimum Gasteiger partial charge on any atom is -0.449 e. The Morgan fingerprint density at radius 2 is 1.80 bits per heavy atom. The highest BCUT2D eigenvalue weighted by atomic mass is 35.5. The molecule has 0 atom stereocenters. The van der Waals surface area contributed by atoms with Crippen LogP contribution < -0.4 is 0 Å². The molecule has 1 N–H and O–H groups in total. The standard InChI is InChI=1S/C23H22ClNO4S/c1-2-30(27,28)15-8-6-14(7-9-15)16-13-19-17(12-18(16)24)20-21(25-19)23(29-22(20)26)10-4-3-5-11-23/h6-9,12-13,25H,2-5,10-11H2,1H3. The Bertz CT molecular complexity index is 1270. The Balaban J connectivity index is 1.61. The highest BCUT2D eigenvalue weighted by Crippen LogP contribution is 2.49. The summed E-state index contributed by atoms with van der Waals surface area (Å²) in [6, 6.07) is 10.5. The molecule has 3 aromatic rings. The topological polar surface area (TPSA) is 76.2 Å². The molecule has 0 amide bonds. The molecule has 0 radical (unpaired) electrons. The highest BCUT2D eigenvalue weighted by molar-refractivity contribution is 7.91. The van der Waals surface area contributed by atoms with E-state index in [1.54, 1.807) is 37.3 Å². The number of nitrogens with one attached hydrogen (secondary N) is 1. The predicted molar refractivity (Wildman–Crippen MR) is 117 cm³/mol. The van der Waals surface area contributed by atoms with Gasteiger partial charge in [0, 0.05) is 21.5 Å². The van der Waals surface area contributed by atoms with Crippen LogP contribution in [-0.4, -0.2) is 25.1 Å². The molecule has 7 heteroatoms. The minimum atomic E-state index is -3.25. The molecule has 0 saturated heterocycles. The molecule has 30 heavy (non-hydrogen) atoms. The number of esters is 1. The Morgan fingerprint density at radius 3 is 2.47 bits per heavy atom. The first-order chi connectivity index (χ1) is 14.3. The molecule has 156 valence electrons. The molecular weight excluding hydrogens is 422 g/mol. The van der Waals surface area contributed by atoms with E-state index in [-0.39, 0.29) is 11.7 Å². The quantitative estimate of drug-likeness (QED) is 0.533. The smallest absolute Gasteiger partial charge is 0.341 e. The maximum atomic E-state index is 12.7. The van der Waals surface area contributed by atoms with Crippen LogP contribution in [0.4, 0.5) is 0 Å². The monoisotopic (exact) mass is 443 g/mol. The van der Waals surface area contributed by atoms with Gasteiger partial charge in [-0.2, -0.15) is 0 Å². The first kappa shape index (κ1) is 19.6. The van der Waals surface area contributed by atoms with Crippen molar-refractivity contribution in [1.29, 1.82) is 0 Å². The van der Waals surface area contributed by atoms with Crippen LogP contribution in [0.15, 0.2) is 41.3 Å². The molecule has 1 saturated carbocycles. The number of H-pyrrole nitrogens is 1. The molecule has 5 nitrogen and oxygen atoms in total. The van der Waals surface area contributed by atoms with E-state index in [1.807, 2.05) is 6.07 Å². The van der Waals surface area contributed by atoms with Crippen LogP contribution in [0.5, 0.6) is 0 Å². The number of fused-ring (bicyclic) bond motifs is 4. The second kappa shape index (κ2) is 6.86. The number of hydrogen-bond donors (Lipinski definition) is 1. The van der Waals surface area contributed by atoms with E-state index in [0.29, 0.717) is 15.5 Å². The molecule has 1 spiro atoms. The SMILES string of the molecule is CCS(=O)(=O)c1ccc(-c2cc3[nH]c4c(c3cc2Cl)C(=O)OC42CCCCC2)cc1. The Morgan fingerprint density at radius 1 is 1.10 bits per heavy atom. The largest absolute Gasteiger partial charge is 0.449 e. The van der Waals surface area contributed by atoms with Crippen LogP contribution in [0.2, 0.25) is 5.02 Å². The maximum Gasteiger partial charge on any atom is 0.341 e. The molecular formula is C23H22ClNO4S. The van der Waals surface area contributed by atoms with Crippen LogP contribution in [0.1, 0.15) is 55.1 Å². The summed E-state index contributed by atoms with van der Waals surface area (Å²) in [6.07, 6.45) is 4.93. The van der Waals surface area contributed by atoms with Gasteiger partial charge in [-0.15, -0.1) is 0 Å². The van der Waals surface area contributed by atoms with Crippen molar-refractivity contribution < 1.29 is 17.9 Å². The zero-order valence-electron chi connectivity index (χ0n) is 16.6. The van der Waals surface area contributed by atoms with E-state index < -0.39 is 15.4 Å². The minimum absolute atomic E-state index is 0.0605. The van der Waals surface area contributed by atoms with Crippen molar-refractivity contribution in [1.82, 2.24) is 4.98 Å². The van der Waals surface area contributed by atoms with Gasteiger partial charge in [-0.25, -0.2) is 13.2 Å².